The molecule has 0 aliphatic carbocycles. The highest BCUT2D eigenvalue weighted by Gasteiger charge is 2.48. The van der Waals surface area contributed by atoms with Crippen molar-refractivity contribution in [2.75, 3.05) is 25.1 Å². The second kappa shape index (κ2) is 7.68. The Balaban J connectivity index is 1.31. The van der Waals surface area contributed by atoms with E-state index in [1.807, 2.05) is 0 Å². The maximum Gasteiger partial charge on any atom is 0.420 e. The summed E-state index contributed by atoms with van der Waals surface area (Å²) in [6.07, 6.45) is -6.82. The number of rotatable bonds is 4. The molecule has 5 atom stereocenters. The minimum atomic E-state index is -4.74. The molecular weight excluding hydrogens is 464 g/mol. The molecule has 0 unspecified atom stereocenters. The van der Waals surface area contributed by atoms with Crippen molar-refractivity contribution in [2.45, 2.75) is 30.7 Å². The lowest BCUT2D eigenvalue weighted by Crippen LogP contribution is -2.30. The fourth-order valence-electron chi connectivity index (χ4n) is 4.55. The molecule has 13 heteroatoms. The Hall–Kier alpha value is -3.16. The predicted octanol–water partition coefficient (Wildman–Crippen LogP) is 2.77. The molecule has 2 saturated heterocycles. The first-order valence-electron chi connectivity index (χ1n) is 10.5. The van der Waals surface area contributed by atoms with Crippen molar-refractivity contribution in [3.05, 3.63) is 41.2 Å². The highest BCUT2D eigenvalue weighted by molar-refractivity contribution is 5.76. The maximum absolute atomic E-state index is 14.3. The van der Waals surface area contributed by atoms with Crippen molar-refractivity contribution in [1.82, 2.24) is 15.0 Å². The number of aromatic amines is 1. The quantitative estimate of drug-likeness (QED) is 0.487. The zero-order valence-corrected chi connectivity index (χ0v) is 17.3. The van der Waals surface area contributed by atoms with Crippen molar-refractivity contribution in [1.29, 1.82) is 0 Å². The van der Waals surface area contributed by atoms with Crippen LogP contribution in [0.15, 0.2) is 24.3 Å². The zero-order chi connectivity index (χ0) is 23.6. The number of alkyl halides is 3. The van der Waals surface area contributed by atoms with Crippen molar-refractivity contribution in [3.8, 4) is 11.8 Å². The Morgan fingerprint density at radius 3 is 2.82 bits per heavy atom. The lowest BCUT2D eigenvalue weighted by atomic mass is 10.0. The molecule has 0 radical (unpaired) electrons. The number of aromatic nitrogens is 3. The molecule has 0 bridgehead atoms. The molecule has 34 heavy (non-hydrogen) atoms. The first-order chi connectivity index (χ1) is 16.3. The van der Waals surface area contributed by atoms with E-state index in [2.05, 4.69) is 20.3 Å². The Morgan fingerprint density at radius 1 is 1.15 bits per heavy atom. The van der Waals surface area contributed by atoms with Gasteiger partial charge in [0, 0.05) is 0 Å². The van der Waals surface area contributed by atoms with Crippen molar-refractivity contribution >= 4 is 17.0 Å². The van der Waals surface area contributed by atoms with E-state index in [1.54, 1.807) is 6.07 Å². The third kappa shape index (κ3) is 3.51. The van der Waals surface area contributed by atoms with E-state index < -0.39 is 47.9 Å². The lowest BCUT2D eigenvalue weighted by Gasteiger charge is -2.17. The predicted molar refractivity (Wildman–Crippen MR) is 107 cm³/mol. The Kier molecular flexibility index (Phi) is 4.83. The van der Waals surface area contributed by atoms with E-state index in [0.29, 0.717) is 0 Å². The first-order valence-corrected chi connectivity index (χ1v) is 10.5. The van der Waals surface area contributed by atoms with E-state index in [4.69, 9.17) is 18.9 Å². The average molecular weight is 482 g/mol. The largest absolute Gasteiger partial charge is 0.491 e. The molecule has 0 saturated carbocycles. The van der Waals surface area contributed by atoms with E-state index in [9.17, 15) is 22.7 Å². The first kappa shape index (κ1) is 21.4. The zero-order valence-electron chi connectivity index (χ0n) is 17.3. The van der Waals surface area contributed by atoms with Crippen LogP contribution in [0.25, 0.3) is 11.2 Å². The summed E-state index contributed by atoms with van der Waals surface area (Å²) in [6.45, 7) is 0.344. The van der Waals surface area contributed by atoms with E-state index in [1.165, 1.54) is 12.1 Å². The van der Waals surface area contributed by atoms with Crippen molar-refractivity contribution in [3.63, 3.8) is 0 Å². The Labute approximate surface area is 189 Å². The summed E-state index contributed by atoms with van der Waals surface area (Å²) in [4.78, 5) is 10.9. The van der Waals surface area contributed by atoms with Crippen LogP contribution in [0.1, 0.15) is 17.2 Å². The van der Waals surface area contributed by atoms with Gasteiger partial charge >= 0.3 is 6.18 Å². The van der Waals surface area contributed by atoms with Crippen LogP contribution in [-0.2, 0) is 15.7 Å². The van der Waals surface area contributed by atoms with E-state index in [0.717, 1.165) is 6.07 Å². The van der Waals surface area contributed by atoms with Crippen LogP contribution in [0.4, 0.5) is 23.4 Å². The third-order valence-electron chi connectivity index (χ3n) is 6.19. The van der Waals surface area contributed by atoms with Gasteiger partial charge in [-0.25, -0.2) is 9.37 Å². The van der Waals surface area contributed by atoms with Crippen LogP contribution in [0.3, 0.4) is 0 Å². The molecule has 2 aromatic heterocycles. The Morgan fingerprint density at radius 2 is 2.00 bits per heavy atom. The summed E-state index contributed by atoms with van der Waals surface area (Å²) in [5.74, 6) is -1.06. The molecule has 3 N–H and O–H groups in total. The minimum Gasteiger partial charge on any atom is -0.491 e. The number of benzene rings is 1. The summed E-state index contributed by atoms with van der Waals surface area (Å²) < 4.78 is 77.7. The van der Waals surface area contributed by atoms with Crippen LogP contribution in [0.2, 0.25) is 0 Å². The van der Waals surface area contributed by atoms with Crippen LogP contribution in [0.5, 0.6) is 11.8 Å². The maximum atomic E-state index is 14.3. The van der Waals surface area contributed by atoms with E-state index in [-0.39, 0.29) is 54.2 Å². The number of hydrogen-bond donors (Lipinski definition) is 3. The molecule has 180 valence electrons. The lowest BCUT2D eigenvalue weighted by molar-refractivity contribution is -0.137. The van der Waals surface area contributed by atoms with Gasteiger partial charge in [0.05, 0.1) is 36.3 Å². The van der Waals surface area contributed by atoms with Gasteiger partial charge in [-0.1, -0.05) is 6.07 Å². The number of aliphatic hydroxyl groups excluding tert-OH is 1. The van der Waals surface area contributed by atoms with Crippen LogP contribution < -0.4 is 14.8 Å². The molecule has 5 heterocycles. The summed E-state index contributed by atoms with van der Waals surface area (Å²) >= 11 is 0. The van der Waals surface area contributed by atoms with E-state index >= 15 is 0 Å². The molecular formula is C21H18F4N4O5. The standard InChI is InChI=1S/C21H18F4N4O5/c22-10-2-1-3-13-15(10)12(6-31-13)26-17-9(21(23,24)25)4-11-18(28-17)29-20(27-11)34-14-7-32-16-8(14)5-33-19(16)30/h1-4,8,12,14,16,19,30H,5-7H2,(H2,26,27,28,29)/t8-,12+,14-,16+,19-/m1/s1. The number of pyridine rings is 1. The van der Waals surface area contributed by atoms with Crippen LogP contribution >= 0.6 is 0 Å². The topological polar surface area (TPSA) is 111 Å². The SMILES string of the molecule is O[C@@H]1OC[C@H]2[C@@H]1OC[C@H]2Oc1nc2nc(N[C@H]3COc4cccc(F)c43)c(C(F)(F)F)cc2[nH]1. The third-order valence-corrected chi connectivity index (χ3v) is 6.19. The number of H-pyrrole nitrogens is 1. The highest BCUT2D eigenvalue weighted by atomic mass is 19.4. The molecule has 0 amide bonds. The van der Waals surface area contributed by atoms with Crippen molar-refractivity contribution in [2.24, 2.45) is 5.92 Å². The second-order valence-corrected chi connectivity index (χ2v) is 8.30. The van der Waals surface area contributed by atoms with Gasteiger partial charge in [0.25, 0.3) is 6.01 Å². The Bertz CT molecular complexity index is 1250. The number of nitrogens with one attached hydrogen (secondary N) is 2. The monoisotopic (exact) mass is 482 g/mol. The summed E-state index contributed by atoms with van der Waals surface area (Å²) in [7, 11) is 0. The highest BCUT2D eigenvalue weighted by Crippen LogP contribution is 2.41. The number of imidazole rings is 1. The van der Waals surface area contributed by atoms with Gasteiger partial charge in [0.15, 0.2) is 11.9 Å². The van der Waals surface area contributed by atoms with Gasteiger partial charge in [0.1, 0.15) is 41.8 Å². The average Bonchev–Trinajstić information content (AvgIpc) is 3.54. The van der Waals surface area contributed by atoms with Gasteiger partial charge in [0.2, 0.25) is 0 Å². The number of fused-ring (bicyclic) bond motifs is 3. The van der Waals surface area contributed by atoms with Gasteiger partial charge < -0.3 is 34.4 Å². The number of nitrogens with zero attached hydrogens (tertiary/aromatic N) is 2. The smallest absolute Gasteiger partial charge is 0.420 e. The molecule has 2 fully saturated rings. The van der Waals surface area contributed by atoms with Crippen LogP contribution in [-0.4, -0.2) is 58.4 Å². The van der Waals surface area contributed by atoms with Gasteiger partial charge in [-0.05, 0) is 18.2 Å². The molecule has 1 aromatic carbocycles. The summed E-state index contributed by atoms with van der Waals surface area (Å²) in [6, 6.07) is 4.20. The summed E-state index contributed by atoms with van der Waals surface area (Å²) in [5, 5.41) is 12.4. The number of anilines is 1. The molecule has 0 spiro atoms. The van der Waals surface area contributed by atoms with Crippen molar-refractivity contribution < 1.29 is 41.6 Å². The summed E-state index contributed by atoms with van der Waals surface area (Å²) in [5.41, 5.74) is -0.909. The number of ether oxygens (including phenoxy) is 4. The second-order valence-electron chi connectivity index (χ2n) is 8.30. The van der Waals surface area contributed by atoms with Gasteiger partial charge in [-0.2, -0.15) is 18.2 Å². The van der Waals surface area contributed by atoms with Gasteiger partial charge in [-0.15, -0.1) is 0 Å². The normalized spacial score (nSPS) is 28.1. The fraction of sp³-hybridized carbons (Fsp3) is 0.429. The molecule has 6 rings (SSSR count). The molecule has 3 aliphatic heterocycles. The number of hydrogen-bond acceptors (Lipinski definition) is 8. The molecule has 3 aromatic rings. The fourth-order valence-corrected chi connectivity index (χ4v) is 4.55. The molecule has 3 aliphatic rings. The van der Waals surface area contributed by atoms with Crippen LogP contribution in [0, 0.1) is 11.7 Å². The molecule has 9 nitrogen and oxygen atoms in total. The number of halogens is 4. The number of aliphatic hydroxyl groups is 1. The minimum absolute atomic E-state index is 0.0142. The van der Waals surface area contributed by atoms with Gasteiger partial charge in [-0.3, -0.25) is 0 Å².